The third kappa shape index (κ3) is 1.59. The number of carboxylic acid groups (broad SMARTS) is 1. The van der Waals surface area contributed by atoms with Crippen LogP contribution in [0.3, 0.4) is 0 Å². The van der Waals surface area contributed by atoms with Crippen LogP contribution in [0.2, 0.25) is 0 Å². The molecule has 0 saturated heterocycles. The van der Waals surface area contributed by atoms with Gasteiger partial charge in [-0.3, -0.25) is 0 Å². The molecule has 1 aromatic heterocycles. The summed E-state index contributed by atoms with van der Waals surface area (Å²) < 4.78 is 1.54. The Kier molecular flexibility index (Phi) is 2.21. The predicted octanol–water partition coefficient (Wildman–Crippen LogP) is 1.27. The Morgan fingerprint density at radius 2 is 2.27 bits per heavy atom. The van der Waals surface area contributed by atoms with Gasteiger partial charge in [-0.15, -0.1) is 5.10 Å². The largest absolute Gasteiger partial charge is 0.478 e. The van der Waals surface area contributed by atoms with E-state index < -0.39 is 5.97 Å². The summed E-state index contributed by atoms with van der Waals surface area (Å²) in [6.07, 6.45) is 3.22. The van der Waals surface area contributed by atoms with E-state index in [9.17, 15) is 4.79 Å². The van der Waals surface area contributed by atoms with Gasteiger partial charge in [-0.2, -0.15) is 0 Å². The van der Waals surface area contributed by atoms with E-state index in [-0.39, 0.29) is 5.56 Å². The first kappa shape index (κ1) is 9.39. The van der Waals surface area contributed by atoms with Crippen molar-refractivity contribution in [3.63, 3.8) is 0 Å². The van der Waals surface area contributed by atoms with E-state index in [1.807, 2.05) is 0 Å². The number of benzene rings is 1. The van der Waals surface area contributed by atoms with Crippen LogP contribution in [0.4, 0.5) is 0 Å². The maximum atomic E-state index is 10.9. The zero-order valence-corrected chi connectivity index (χ0v) is 8.08. The van der Waals surface area contributed by atoms with Gasteiger partial charge in [-0.25, -0.2) is 9.48 Å². The first-order valence-corrected chi connectivity index (χ1v) is 4.40. The molecule has 1 N–H and O–H groups in total. The van der Waals surface area contributed by atoms with Gasteiger partial charge in [0, 0.05) is 0 Å². The minimum absolute atomic E-state index is 0.281. The number of hydrogen-bond acceptors (Lipinski definition) is 3. The number of rotatable bonds is 2. The molecule has 15 heavy (non-hydrogen) atoms. The average Bonchev–Trinajstić information content (AvgIpc) is 2.70. The van der Waals surface area contributed by atoms with Gasteiger partial charge >= 0.3 is 5.97 Å². The summed E-state index contributed by atoms with van der Waals surface area (Å²) in [7, 11) is 0. The van der Waals surface area contributed by atoms with E-state index in [0.717, 1.165) is 5.69 Å². The lowest BCUT2D eigenvalue weighted by Crippen LogP contribution is -2.05. The zero-order valence-electron chi connectivity index (χ0n) is 8.08. The summed E-state index contributed by atoms with van der Waals surface area (Å²) in [5.74, 6) is -0.936. The highest BCUT2D eigenvalue weighted by Crippen LogP contribution is 2.16. The monoisotopic (exact) mass is 203 g/mol. The third-order valence-electron chi connectivity index (χ3n) is 2.20. The summed E-state index contributed by atoms with van der Waals surface area (Å²) in [4.78, 5) is 10.9. The second-order valence-corrected chi connectivity index (χ2v) is 3.10. The van der Waals surface area contributed by atoms with Gasteiger partial charge in [-0.1, -0.05) is 11.3 Å². The van der Waals surface area contributed by atoms with E-state index in [1.54, 1.807) is 42.2 Å². The summed E-state index contributed by atoms with van der Waals surface area (Å²) in [6, 6.07) is 5.06. The molecule has 0 spiro atoms. The van der Waals surface area contributed by atoms with Gasteiger partial charge in [0.15, 0.2) is 0 Å². The third-order valence-corrected chi connectivity index (χ3v) is 2.20. The van der Waals surface area contributed by atoms with Crippen LogP contribution in [0.25, 0.3) is 5.69 Å². The quantitative estimate of drug-likeness (QED) is 0.798. The molecule has 0 aliphatic carbocycles. The van der Waals surface area contributed by atoms with E-state index >= 15 is 0 Å². The van der Waals surface area contributed by atoms with Crippen LogP contribution in [-0.2, 0) is 0 Å². The number of aromatic nitrogens is 3. The van der Waals surface area contributed by atoms with Crippen LogP contribution < -0.4 is 0 Å². The minimum Gasteiger partial charge on any atom is -0.478 e. The minimum atomic E-state index is -0.936. The average molecular weight is 203 g/mol. The van der Waals surface area contributed by atoms with Gasteiger partial charge in [0.25, 0.3) is 0 Å². The van der Waals surface area contributed by atoms with Gasteiger partial charge in [0.1, 0.15) is 0 Å². The molecule has 2 rings (SSSR count). The number of aromatic carboxylic acids is 1. The van der Waals surface area contributed by atoms with Crippen molar-refractivity contribution in [1.29, 1.82) is 0 Å². The van der Waals surface area contributed by atoms with Gasteiger partial charge in [-0.05, 0) is 24.6 Å². The zero-order chi connectivity index (χ0) is 10.8. The standard InChI is InChI=1S/C10H9N3O2/c1-7-8(10(14)15)3-2-4-9(7)13-6-5-11-12-13/h2-6H,1H3,(H,14,15). The van der Waals surface area contributed by atoms with Crippen LogP contribution in [0, 0.1) is 6.92 Å². The number of carbonyl (C=O) groups is 1. The Bertz CT molecular complexity index is 491. The van der Waals surface area contributed by atoms with Gasteiger partial charge in [0.05, 0.1) is 23.6 Å². The van der Waals surface area contributed by atoms with Crippen LogP contribution in [-0.4, -0.2) is 26.1 Å². The molecule has 0 atom stereocenters. The first-order valence-electron chi connectivity index (χ1n) is 4.40. The second kappa shape index (κ2) is 3.53. The van der Waals surface area contributed by atoms with Crippen molar-refractivity contribution in [1.82, 2.24) is 15.0 Å². The van der Waals surface area contributed by atoms with E-state index in [0.29, 0.717) is 5.56 Å². The highest BCUT2D eigenvalue weighted by atomic mass is 16.4. The van der Waals surface area contributed by atoms with Crippen molar-refractivity contribution >= 4 is 5.97 Å². The Labute approximate surface area is 86.0 Å². The van der Waals surface area contributed by atoms with Crippen molar-refractivity contribution in [2.75, 3.05) is 0 Å². The molecule has 0 saturated carbocycles. The normalized spacial score (nSPS) is 10.2. The fourth-order valence-electron chi connectivity index (χ4n) is 1.44. The molecule has 76 valence electrons. The molecule has 1 heterocycles. The Balaban J connectivity index is 2.59. The lowest BCUT2D eigenvalue weighted by atomic mass is 10.1. The van der Waals surface area contributed by atoms with E-state index in [2.05, 4.69) is 10.3 Å². The lowest BCUT2D eigenvalue weighted by Gasteiger charge is -2.07. The molecule has 1 aromatic carbocycles. The van der Waals surface area contributed by atoms with Gasteiger partial charge < -0.3 is 5.11 Å². The summed E-state index contributed by atoms with van der Waals surface area (Å²) in [5, 5.41) is 16.4. The number of carboxylic acids is 1. The summed E-state index contributed by atoms with van der Waals surface area (Å²) in [5.41, 5.74) is 1.69. The fourth-order valence-corrected chi connectivity index (χ4v) is 1.44. The van der Waals surface area contributed by atoms with Crippen molar-refractivity contribution in [3.8, 4) is 5.69 Å². The fraction of sp³-hybridized carbons (Fsp3) is 0.100. The molecular formula is C10H9N3O2. The summed E-state index contributed by atoms with van der Waals surface area (Å²) in [6.45, 7) is 1.75. The lowest BCUT2D eigenvalue weighted by molar-refractivity contribution is 0.0696. The molecule has 0 aliphatic heterocycles. The number of nitrogens with zero attached hydrogens (tertiary/aromatic N) is 3. The van der Waals surface area contributed by atoms with Crippen molar-refractivity contribution < 1.29 is 9.90 Å². The maximum absolute atomic E-state index is 10.9. The molecular weight excluding hydrogens is 194 g/mol. The van der Waals surface area contributed by atoms with E-state index in [1.165, 1.54) is 0 Å². The molecule has 0 fully saturated rings. The molecule has 0 unspecified atom stereocenters. The Morgan fingerprint density at radius 1 is 1.47 bits per heavy atom. The van der Waals surface area contributed by atoms with Gasteiger partial charge in [0.2, 0.25) is 0 Å². The van der Waals surface area contributed by atoms with Crippen molar-refractivity contribution in [2.24, 2.45) is 0 Å². The Hall–Kier alpha value is -2.17. The molecule has 0 aliphatic rings. The molecule has 0 amide bonds. The smallest absolute Gasteiger partial charge is 0.336 e. The SMILES string of the molecule is Cc1c(C(=O)O)cccc1-n1ccnn1. The highest BCUT2D eigenvalue weighted by Gasteiger charge is 2.11. The first-order chi connectivity index (χ1) is 7.20. The molecule has 2 aromatic rings. The molecule has 0 bridgehead atoms. The maximum Gasteiger partial charge on any atom is 0.336 e. The Morgan fingerprint density at radius 3 is 2.87 bits per heavy atom. The molecule has 0 radical (unpaired) electrons. The molecule has 5 nitrogen and oxygen atoms in total. The van der Waals surface area contributed by atoms with Crippen LogP contribution >= 0.6 is 0 Å². The highest BCUT2D eigenvalue weighted by molar-refractivity contribution is 5.90. The second-order valence-electron chi connectivity index (χ2n) is 3.10. The van der Waals surface area contributed by atoms with Crippen LogP contribution in [0.15, 0.2) is 30.6 Å². The summed E-state index contributed by atoms with van der Waals surface area (Å²) >= 11 is 0. The predicted molar refractivity (Wildman–Crippen MR) is 53.1 cm³/mol. The van der Waals surface area contributed by atoms with Crippen LogP contribution in [0.1, 0.15) is 15.9 Å². The van der Waals surface area contributed by atoms with Crippen LogP contribution in [0.5, 0.6) is 0 Å². The number of hydrogen-bond donors (Lipinski definition) is 1. The van der Waals surface area contributed by atoms with E-state index in [4.69, 9.17) is 5.11 Å². The topological polar surface area (TPSA) is 68.0 Å². The van der Waals surface area contributed by atoms with Crippen molar-refractivity contribution in [3.05, 3.63) is 41.7 Å². The molecule has 5 heteroatoms. The van der Waals surface area contributed by atoms with Crippen molar-refractivity contribution in [2.45, 2.75) is 6.92 Å².